The summed E-state index contributed by atoms with van der Waals surface area (Å²) in [5.41, 5.74) is 0.979. The third-order valence-corrected chi connectivity index (χ3v) is 5.67. The highest BCUT2D eigenvalue weighted by molar-refractivity contribution is 7.99. The molecule has 8 heteroatoms. The minimum atomic E-state index is 0. The first kappa shape index (κ1) is 18.4. The summed E-state index contributed by atoms with van der Waals surface area (Å²) in [5.74, 6) is 0.734. The molecule has 0 amide bonds. The van der Waals surface area contributed by atoms with Crippen LogP contribution in [0.1, 0.15) is 5.69 Å². The van der Waals surface area contributed by atoms with Gasteiger partial charge in [0.05, 0.1) is 20.6 Å². The Labute approximate surface area is 158 Å². The molecule has 0 bridgehead atoms. The van der Waals surface area contributed by atoms with E-state index in [1.165, 1.54) is 11.8 Å². The zero-order valence-electron chi connectivity index (χ0n) is 11.9. The molecular weight excluding hydrogens is 393 g/mol. The first-order valence-electron chi connectivity index (χ1n) is 6.39. The van der Waals surface area contributed by atoms with Crippen molar-refractivity contribution in [2.24, 2.45) is 0 Å². The van der Waals surface area contributed by atoms with Crippen LogP contribution >= 0.6 is 58.7 Å². The molecule has 0 unspecified atom stereocenters. The first-order chi connectivity index (χ1) is 10.6. The van der Waals surface area contributed by atoms with Crippen LogP contribution in [-0.2, 0) is 0 Å². The molecule has 0 fully saturated rings. The van der Waals surface area contributed by atoms with Gasteiger partial charge in [0.1, 0.15) is 5.82 Å². The molecule has 120 valence electrons. The molecule has 3 aromatic rings. The quantitative estimate of drug-likeness (QED) is 0.540. The highest BCUT2D eigenvalue weighted by Gasteiger charge is 2.12. The number of aromatic nitrogens is 2. The van der Waals surface area contributed by atoms with E-state index in [0.29, 0.717) is 10.0 Å². The van der Waals surface area contributed by atoms with Crippen LogP contribution in [0.15, 0.2) is 51.7 Å². The highest BCUT2D eigenvalue weighted by Crippen LogP contribution is 2.41. The summed E-state index contributed by atoms with van der Waals surface area (Å²) in [6, 6.07) is 9.33. The summed E-state index contributed by atoms with van der Waals surface area (Å²) >= 11 is 15.5. The van der Waals surface area contributed by atoms with Crippen LogP contribution in [0.25, 0.3) is 0 Å². The molecule has 0 aliphatic carbocycles. The smallest absolute Gasteiger partial charge is 0.188 e. The van der Waals surface area contributed by atoms with Crippen LogP contribution in [0, 0.1) is 6.92 Å². The van der Waals surface area contributed by atoms with Crippen molar-refractivity contribution in [1.29, 1.82) is 0 Å². The number of benzene rings is 1. The van der Waals surface area contributed by atoms with Gasteiger partial charge in [0.25, 0.3) is 0 Å². The van der Waals surface area contributed by atoms with E-state index in [4.69, 9.17) is 23.2 Å². The minimum Gasteiger partial charge on any atom is -0.315 e. The molecule has 0 aliphatic rings. The Balaban J connectivity index is 0.00000192. The molecule has 1 aromatic carbocycles. The van der Waals surface area contributed by atoms with Gasteiger partial charge in [0.15, 0.2) is 5.13 Å². The van der Waals surface area contributed by atoms with E-state index in [9.17, 15) is 0 Å². The highest BCUT2D eigenvalue weighted by atomic mass is 35.5. The minimum absolute atomic E-state index is 0. The van der Waals surface area contributed by atoms with Crippen LogP contribution in [0.2, 0.25) is 10.0 Å². The van der Waals surface area contributed by atoms with Crippen LogP contribution in [0.4, 0.5) is 10.9 Å². The lowest BCUT2D eigenvalue weighted by atomic mass is 10.4. The van der Waals surface area contributed by atoms with Crippen molar-refractivity contribution >= 4 is 69.7 Å². The molecule has 2 aromatic heterocycles. The van der Waals surface area contributed by atoms with Crippen LogP contribution in [0.5, 0.6) is 0 Å². The molecule has 0 spiro atoms. The molecule has 3 rings (SSSR count). The summed E-state index contributed by atoms with van der Waals surface area (Å²) in [6.45, 7) is 1.96. The molecule has 0 saturated carbocycles. The average molecular weight is 405 g/mol. The van der Waals surface area contributed by atoms with Gasteiger partial charge in [-0.3, -0.25) is 0 Å². The van der Waals surface area contributed by atoms with Crippen LogP contribution in [-0.4, -0.2) is 9.97 Å². The monoisotopic (exact) mass is 403 g/mol. The standard InChI is InChI=1S/C15H11Cl2N3S2.ClH/c1-9-8-21-15(19-9)20-14-12(6-3-7-18-14)22-13-10(16)4-2-5-11(13)17;/h2-8H,1H3,(H,18,19,20);1H. The van der Waals surface area contributed by atoms with E-state index in [0.717, 1.165) is 26.4 Å². The first-order valence-corrected chi connectivity index (χ1v) is 8.85. The Morgan fingerprint density at radius 1 is 1.13 bits per heavy atom. The van der Waals surface area contributed by atoms with E-state index >= 15 is 0 Å². The summed E-state index contributed by atoms with van der Waals surface area (Å²) in [4.78, 5) is 10.5. The SMILES string of the molecule is Cc1csc(Nc2ncccc2Sc2c(Cl)cccc2Cl)n1.Cl. The largest absolute Gasteiger partial charge is 0.315 e. The molecule has 0 saturated heterocycles. The van der Waals surface area contributed by atoms with Gasteiger partial charge in [-0.05, 0) is 31.2 Å². The van der Waals surface area contributed by atoms with E-state index in [1.807, 2.05) is 42.6 Å². The molecule has 0 atom stereocenters. The molecule has 3 nitrogen and oxygen atoms in total. The maximum atomic E-state index is 6.24. The van der Waals surface area contributed by atoms with Gasteiger partial charge in [-0.1, -0.05) is 41.0 Å². The fraction of sp³-hybridized carbons (Fsp3) is 0.0667. The number of nitrogens with one attached hydrogen (secondary N) is 1. The van der Waals surface area contributed by atoms with Crippen molar-refractivity contribution in [3.63, 3.8) is 0 Å². The zero-order valence-corrected chi connectivity index (χ0v) is 15.9. The number of halogens is 3. The Bertz CT molecular complexity index is 788. The fourth-order valence-corrected chi connectivity index (χ4v) is 3.98. The average Bonchev–Trinajstić information content (AvgIpc) is 2.90. The number of hydrogen-bond donors (Lipinski definition) is 1. The number of rotatable bonds is 4. The van der Waals surface area contributed by atoms with Crippen molar-refractivity contribution in [3.8, 4) is 0 Å². The summed E-state index contributed by atoms with van der Waals surface area (Å²) in [5, 5.41) is 7.28. The van der Waals surface area contributed by atoms with E-state index in [2.05, 4.69) is 15.3 Å². The second-order valence-corrected chi connectivity index (χ2v) is 7.15. The van der Waals surface area contributed by atoms with E-state index in [1.54, 1.807) is 17.5 Å². The summed E-state index contributed by atoms with van der Waals surface area (Å²) in [7, 11) is 0. The molecule has 0 radical (unpaired) electrons. The van der Waals surface area contributed by atoms with Gasteiger partial charge < -0.3 is 5.32 Å². The van der Waals surface area contributed by atoms with Crippen molar-refractivity contribution in [2.45, 2.75) is 16.7 Å². The van der Waals surface area contributed by atoms with Gasteiger partial charge >= 0.3 is 0 Å². The van der Waals surface area contributed by atoms with E-state index in [-0.39, 0.29) is 12.4 Å². The number of thiazole rings is 1. The Morgan fingerprint density at radius 2 is 1.87 bits per heavy atom. The number of pyridine rings is 1. The molecule has 23 heavy (non-hydrogen) atoms. The molecule has 0 aliphatic heterocycles. The normalized spacial score (nSPS) is 10.2. The van der Waals surface area contributed by atoms with Gasteiger partial charge in [-0.15, -0.1) is 23.7 Å². The predicted octanol–water partition coefficient (Wildman–Crippen LogP) is 6.47. The van der Waals surface area contributed by atoms with E-state index < -0.39 is 0 Å². The maximum absolute atomic E-state index is 6.24. The number of aryl methyl sites for hydroxylation is 1. The number of nitrogens with zero attached hydrogens (tertiary/aromatic N) is 2. The fourth-order valence-electron chi connectivity index (χ4n) is 1.77. The van der Waals surface area contributed by atoms with Crippen LogP contribution < -0.4 is 5.32 Å². The maximum Gasteiger partial charge on any atom is 0.188 e. The lowest BCUT2D eigenvalue weighted by Crippen LogP contribution is -1.95. The van der Waals surface area contributed by atoms with Gasteiger partial charge in [-0.2, -0.15) is 0 Å². The second kappa shape index (κ2) is 8.22. The van der Waals surface area contributed by atoms with Gasteiger partial charge in [0.2, 0.25) is 0 Å². The third kappa shape index (κ3) is 4.52. The summed E-state index contributed by atoms with van der Waals surface area (Å²) < 4.78 is 0. The number of hydrogen-bond acceptors (Lipinski definition) is 5. The van der Waals surface area contributed by atoms with Crippen molar-refractivity contribution < 1.29 is 0 Å². The lowest BCUT2D eigenvalue weighted by Gasteiger charge is -2.10. The van der Waals surface area contributed by atoms with Crippen LogP contribution in [0.3, 0.4) is 0 Å². The van der Waals surface area contributed by atoms with Crippen molar-refractivity contribution in [3.05, 3.63) is 57.6 Å². The van der Waals surface area contributed by atoms with Gasteiger partial charge in [0, 0.05) is 16.5 Å². The second-order valence-electron chi connectivity index (χ2n) is 4.42. The molecule has 2 heterocycles. The third-order valence-electron chi connectivity index (χ3n) is 2.75. The topological polar surface area (TPSA) is 37.8 Å². The molecule has 1 N–H and O–H groups in total. The lowest BCUT2D eigenvalue weighted by molar-refractivity contribution is 1.20. The molecular formula is C15H12Cl3N3S2. The summed E-state index contributed by atoms with van der Waals surface area (Å²) in [6.07, 6.45) is 1.74. The van der Waals surface area contributed by atoms with Crippen molar-refractivity contribution in [1.82, 2.24) is 9.97 Å². The Morgan fingerprint density at radius 3 is 2.52 bits per heavy atom. The van der Waals surface area contributed by atoms with Crippen molar-refractivity contribution in [2.75, 3.05) is 5.32 Å². The zero-order chi connectivity index (χ0) is 15.5. The number of anilines is 2. The van der Waals surface area contributed by atoms with Gasteiger partial charge in [-0.25, -0.2) is 9.97 Å². The Kier molecular flexibility index (Phi) is 6.56. The Hall–Kier alpha value is -0.980. The predicted molar refractivity (Wildman–Crippen MR) is 102 cm³/mol.